The van der Waals surface area contributed by atoms with E-state index in [2.05, 4.69) is 20.9 Å². The summed E-state index contributed by atoms with van der Waals surface area (Å²) in [4.78, 5) is 26.9. The molecule has 0 aliphatic carbocycles. The quantitative estimate of drug-likeness (QED) is 0.150. The maximum Gasteiger partial charge on any atom is 0.363 e. The number of halogens is 3. The molecule has 0 spiro atoms. The minimum absolute atomic E-state index is 0.00296. The molecule has 0 saturated carbocycles. The number of ether oxygens (including phenoxy) is 3. The number of hydrogen-bond donors (Lipinski definition) is 0. The van der Waals surface area contributed by atoms with Crippen LogP contribution in [0.2, 0.25) is 5.02 Å². The first-order valence-electron chi connectivity index (χ1n) is 9.97. The maximum atomic E-state index is 13.4. The lowest BCUT2D eigenvalue weighted by molar-refractivity contribution is -0.384. The van der Waals surface area contributed by atoms with Gasteiger partial charge in [0.05, 0.1) is 27.1 Å². The summed E-state index contributed by atoms with van der Waals surface area (Å²) in [5, 5.41) is 10.9. The second-order valence-electron chi connectivity index (χ2n) is 7.21. The SMILES string of the molecule is COc1cc(/C=C2\N=C(c3ccc([N+](=O)[O-])cc3Cl)OC2=O)cc(Br)c1OCc1cccc(F)c1. The molecule has 0 saturated heterocycles. The third-order valence-electron chi connectivity index (χ3n) is 4.84. The molecule has 178 valence electrons. The van der Waals surface area contributed by atoms with Crippen molar-refractivity contribution in [1.82, 2.24) is 0 Å². The molecule has 3 aromatic rings. The zero-order valence-corrected chi connectivity index (χ0v) is 20.3. The molecule has 0 amide bonds. The first-order chi connectivity index (χ1) is 16.7. The van der Waals surface area contributed by atoms with E-state index in [1.54, 1.807) is 24.3 Å². The Bertz CT molecular complexity index is 1410. The van der Waals surface area contributed by atoms with Gasteiger partial charge in [0.25, 0.3) is 5.69 Å². The van der Waals surface area contributed by atoms with Crippen LogP contribution in [0.1, 0.15) is 16.7 Å². The summed E-state index contributed by atoms with van der Waals surface area (Å²) in [7, 11) is 1.46. The van der Waals surface area contributed by atoms with E-state index < -0.39 is 10.9 Å². The molecule has 0 bridgehead atoms. The highest BCUT2D eigenvalue weighted by Crippen LogP contribution is 2.38. The number of aliphatic imine (C=N–C) groups is 1. The molecule has 0 N–H and O–H groups in total. The largest absolute Gasteiger partial charge is 0.493 e. The van der Waals surface area contributed by atoms with Gasteiger partial charge in [-0.2, -0.15) is 0 Å². The standard InChI is InChI=1S/C24H15BrClFN2O6/c1-33-21-10-14(8-18(25)22(21)34-12-13-3-2-4-15(27)7-13)9-20-24(30)35-23(28-20)17-6-5-16(29(31)32)11-19(17)26/h2-11H,12H2,1H3/b20-9-. The molecule has 0 fully saturated rings. The van der Waals surface area contributed by atoms with Crippen molar-refractivity contribution < 1.29 is 28.3 Å². The van der Waals surface area contributed by atoms with Gasteiger partial charge in [-0.1, -0.05) is 23.7 Å². The summed E-state index contributed by atoms with van der Waals surface area (Å²) in [6, 6.07) is 13.1. The minimum Gasteiger partial charge on any atom is -0.493 e. The molecule has 0 aromatic heterocycles. The zero-order chi connectivity index (χ0) is 25.1. The van der Waals surface area contributed by atoms with Gasteiger partial charge in [0.15, 0.2) is 17.2 Å². The number of non-ortho nitro benzene ring substituents is 1. The number of cyclic esters (lactones) is 1. The predicted molar refractivity (Wildman–Crippen MR) is 130 cm³/mol. The molecule has 1 heterocycles. The number of benzene rings is 3. The highest BCUT2D eigenvalue weighted by atomic mass is 79.9. The molecule has 0 unspecified atom stereocenters. The lowest BCUT2D eigenvalue weighted by Crippen LogP contribution is -2.06. The Labute approximate surface area is 211 Å². The van der Waals surface area contributed by atoms with Gasteiger partial charge in [-0.15, -0.1) is 0 Å². The van der Waals surface area contributed by atoms with Crippen LogP contribution in [0, 0.1) is 15.9 Å². The van der Waals surface area contributed by atoms with Gasteiger partial charge in [-0.05, 0) is 63.5 Å². The van der Waals surface area contributed by atoms with Gasteiger partial charge >= 0.3 is 5.97 Å². The predicted octanol–water partition coefficient (Wildman–Crippen LogP) is 6.08. The molecule has 0 radical (unpaired) electrons. The number of esters is 1. The number of hydrogen-bond acceptors (Lipinski definition) is 7. The number of nitro groups is 1. The van der Waals surface area contributed by atoms with E-state index >= 15 is 0 Å². The van der Waals surface area contributed by atoms with Crippen molar-refractivity contribution in [2.24, 2.45) is 4.99 Å². The Balaban J connectivity index is 1.60. The maximum absolute atomic E-state index is 13.4. The van der Waals surface area contributed by atoms with Gasteiger partial charge in [-0.25, -0.2) is 14.2 Å². The molecule has 3 aromatic carbocycles. The van der Waals surface area contributed by atoms with Crippen LogP contribution in [-0.2, 0) is 16.1 Å². The van der Waals surface area contributed by atoms with Gasteiger partial charge in [0.1, 0.15) is 12.4 Å². The Morgan fingerprint density at radius 2 is 2.03 bits per heavy atom. The zero-order valence-electron chi connectivity index (χ0n) is 18.0. The highest BCUT2D eigenvalue weighted by molar-refractivity contribution is 9.10. The van der Waals surface area contributed by atoms with E-state index in [1.165, 1.54) is 37.5 Å². The fourth-order valence-electron chi connectivity index (χ4n) is 3.22. The van der Waals surface area contributed by atoms with Crippen LogP contribution in [0.4, 0.5) is 10.1 Å². The first-order valence-corrected chi connectivity index (χ1v) is 11.1. The fraction of sp³-hybridized carbons (Fsp3) is 0.0833. The first kappa shape index (κ1) is 24.4. The Morgan fingerprint density at radius 1 is 1.23 bits per heavy atom. The number of methoxy groups -OCH3 is 1. The minimum atomic E-state index is -0.712. The average molecular weight is 562 g/mol. The van der Waals surface area contributed by atoms with Crippen molar-refractivity contribution in [1.29, 1.82) is 0 Å². The molecule has 1 aliphatic heterocycles. The van der Waals surface area contributed by atoms with Gasteiger partial charge in [-0.3, -0.25) is 10.1 Å². The summed E-state index contributed by atoms with van der Waals surface area (Å²) in [5.74, 6) is -0.373. The normalized spacial score (nSPS) is 14.0. The van der Waals surface area contributed by atoms with Crippen molar-refractivity contribution >= 4 is 51.2 Å². The number of nitrogens with zero attached hydrogens (tertiary/aromatic N) is 2. The lowest BCUT2D eigenvalue weighted by Gasteiger charge is -2.13. The molecular formula is C24H15BrClFN2O6. The molecule has 35 heavy (non-hydrogen) atoms. The Morgan fingerprint density at radius 3 is 2.71 bits per heavy atom. The van der Waals surface area contributed by atoms with Crippen LogP contribution in [0.5, 0.6) is 11.5 Å². The molecule has 1 aliphatic rings. The van der Waals surface area contributed by atoms with Crippen LogP contribution in [0.3, 0.4) is 0 Å². The third-order valence-corrected chi connectivity index (χ3v) is 5.74. The van der Waals surface area contributed by atoms with E-state index in [4.69, 9.17) is 25.8 Å². The summed E-state index contributed by atoms with van der Waals surface area (Å²) in [5.41, 5.74) is 1.24. The highest BCUT2D eigenvalue weighted by Gasteiger charge is 2.27. The van der Waals surface area contributed by atoms with Crippen molar-refractivity contribution in [3.05, 3.63) is 102 Å². The number of rotatable bonds is 7. The number of nitro benzene ring substituents is 1. The van der Waals surface area contributed by atoms with Crippen molar-refractivity contribution in [3.63, 3.8) is 0 Å². The van der Waals surface area contributed by atoms with E-state index in [9.17, 15) is 19.3 Å². The molecule has 4 rings (SSSR count). The second-order valence-corrected chi connectivity index (χ2v) is 8.47. The number of carbonyl (C=O) groups is 1. The topological polar surface area (TPSA) is 100 Å². The van der Waals surface area contributed by atoms with E-state index in [-0.39, 0.29) is 40.3 Å². The second kappa shape index (κ2) is 10.2. The summed E-state index contributed by atoms with van der Waals surface area (Å²) in [6.07, 6.45) is 1.48. The van der Waals surface area contributed by atoms with Crippen molar-refractivity contribution in [2.45, 2.75) is 6.61 Å². The smallest absolute Gasteiger partial charge is 0.363 e. The summed E-state index contributed by atoms with van der Waals surface area (Å²) >= 11 is 9.55. The van der Waals surface area contributed by atoms with Crippen molar-refractivity contribution in [2.75, 3.05) is 7.11 Å². The Hall–Kier alpha value is -3.76. The molecule has 0 atom stereocenters. The monoisotopic (exact) mass is 560 g/mol. The van der Waals surface area contributed by atoms with Crippen molar-refractivity contribution in [3.8, 4) is 11.5 Å². The lowest BCUT2D eigenvalue weighted by atomic mass is 10.1. The summed E-state index contributed by atoms with van der Waals surface area (Å²) in [6.45, 7) is 0.114. The van der Waals surface area contributed by atoms with Crippen LogP contribution in [0.25, 0.3) is 6.08 Å². The Kier molecular flexibility index (Phi) is 7.13. The van der Waals surface area contributed by atoms with E-state index in [0.717, 1.165) is 6.07 Å². The molecular weight excluding hydrogens is 547 g/mol. The van der Waals surface area contributed by atoms with Crippen LogP contribution < -0.4 is 9.47 Å². The van der Waals surface area contributed by atoms with E-state index in [1.807, 2.05) is 0 Å². The van der Waals surface area contributed by atoms with Crippen LogP contribution >= 0.6 is 27.5 Å². The number of carbonyl (C=O) groups excluding carboxylic acids is 1. The molecule has 8 nitrogen and oxygen atoms in total. The summed E-state index contributed by atoms with van der Waals surface area (Å²) < 4.78 is 30.4. The van der Waals surface area contributed by atoms with Gasteiger partial charge in [0, 0.05) is 12.1 Å². The van der Waals surface area contributed by atoms with Crippen LogP contribution in [0.15, 0.2) is 69.8 Å². The van der Waals surface area contributed by atoms with Gasteiger partial charge < -0.3 is 14.2 Å². The average Bonchev–Trinajstić information content (AvgIpc) is 3.17. The fourth-order valence-corrected chi connectivity index (χ4v) is 4.05. The van der Waals surface area contributed by atoms with E-state index in [0.29, 0.717) is 27.1 Å². The van der Waals surface area contributed by atoms with Crippen LogP contribution in [-0.4, -0.2) is 23.9 Å². The van der Waals surface area contributed by atoms with Gasteiger partial charge in [0.2, 0.25) is 5.90 Å². The third kappa shape index (κ3) is 5.50. The molecule has 11 heteroatoms.